The van der Waals surface area contributed by atoms with Crippen molar-refractivity contribution in [3.63, 3.8) is 0 Å². The van der Waals surface area contributed by atoms with Crippen molar-refractivity contribution in [2.75, 3.05) is 13.1 Å². The van der Waals surface area contributed by atoms with Crippen LogP contribution in [-0.2, 0) is 16.1 Å². The third-order valence-electron chi connectivity index (χ3n) is 4.84. The van der Waals surface area contributed by atoms with E-state index in [0.717, 1.165) is 25.7 Å². The van der Waals surface area contributed by atoms with Gasteiger partial charge in [0.2, 0.25) is 11.8 Å². The van der Waals surface area contributed by atoms with Crippen molar-refractivity contribution in [3.8, 4) is 0 Å². The first kappa shape index (κ1) is 21.0. The fourth-order valence-corrected chi connectivity index (χ4v) is 3.96. The molecule has 0 spiro atoms. The second-order valence-corrected chi connectivity index (χ2v) is 8.03. The number of amides is 3. The van der Waals surface area contributed by atoms with E-state index in [-0.39, 0.29) is 49.2 Å². The van der Waals surface area contributed by atoms with E-state index in [9.17, 15) is 18.8 Å². The first-order chi connectivity index (χ1) is 14.0. The predicted octanol–water partition coefficient (Wildman–Crippen LogP) is 2.70. The Balaban J connectivity index is 1.61. The van der Waals surface area contributed by atoms with Crippen LogP contribution in [0.15, 0.2) is 41.8 Å². The standard InChI is InChI=1S/C21H24FN3O3S/c22-16-9-7-15(8-10-16)13-25(14-19(26)24-17-4-1-2-5-17)20(27)12-23-21(28)18-6-3-11-29-18/h3,6-11,17H,1-2,4-5,12-14H2,(H,23,28)(H,24,26). The number of nitrogens with zero attached hydrogens (tertiary/aromatic N) is 1. The molecule has 3 amide bonds. The van der Waals surface area contributed by atoms with Crippen molar-refractivity contribution in [2.24, 2.45) is 0 Å². The van der Waals surface area contributed by atoms with Crippen LogP contribution in [0.2, 0.25) is 0 Å². The van der Waals surface area contributed by atoms with E-state index >= 15 is 0 Å². The SMILES string of the molecule is O=C(CN(Cc1ccc(F)cc1)C(=O)CNC(=O)c1cccs1)NC1CCCC1. The van der Waals surface area contributed by atoms with E-state index in [1.165, 1.54) is 28.4 Å². The van der Waals surface area contributed by atoms with Crippen LogP contribution >= 0.6 is 11.3 Å². The van der Waals surface area contributed by atoms with Gasteiger partial charge in [-0.1, -0.05) is 31.0 Å². The van der Waals surface area contributed by atoms with Crippen molar-refractivity contribution in [1.82, 2.24) is 15.5 Å². The van der Waals surface area contributed by atoms with Crippen LogP contribution in [0.1, 0.15) is 40.9 Å². The van der Waals surface area contributed by atoms with Crippen LogP contribution in [0, 0.1) is 5.82 Å². The lowest BCUT2D eigenvalue weighted by Crippen LogP contribution is -2.46. The minimum atomic E-state index is -0.374. The van der Waals surface area contributed by atoms with Crippen LogP contribution in [0.4, 0.5) is 4.39 Å². The molecule has 0 atom stereocenters. The Morgan fingerprint density at radius 3 is 2.48 bits per heavy atom. The monoisotopic (exact) mass is 417 g/mol. The van der Waals surface area contributed by atoms with E-state index in [0.29, 0.717) is 10.4 Å². The Morgan fingerprint density at radius 1 is 1.10 bits per heavy atom. The van der Waals surface area contributed by atoms with Gasteiger partial charge >= 0.3 is 0 Å². The average molecular weight is 418 g/mol. The molecule has 1 aliphatic rings. The van der Waals surface area contributed by atoms with Gasteiger partial charge in [-0.05, 0) is 42.0 Å². The normalized spacial score (nSPS) is 13.8. The molecule has 1 aromatic heterocycles. The fourth-order valence-electron chi connectivity index (χ4n) is 3.32. The summed E-state index contributed by atoms with van der Waals surface area (Å²) < 4.78 is 13.2. The molecule has 0 bridgehead atoms. The third kappa shape index (κ3) is 6.39. The van der Waals surface area contributed by atoms with Crippen LogP contribution in [0.3, 0.4) is 0 Å². The highest BCUT2D eigenvalue weighted by molar-refractivity contribution is 7.12. The largest absolute Gasteiger partial charge is 0.352 e. The van der Waals surface area contributed by atoms with Gasteiger partial charge < -0.3 is 15.5 Å². The van der Waals surface area contributed by atoms with Gasteiger partial charge in [-0.15, -0.1) is 11.3 Å². The number of hydrogen-bond acceptors (Lipinski definition) is 4. The number of benzene rings is 1. The van der Waals surface area contributed by atoms with Gasteiger partial charge in [-0.2, -0.15) is 0 Å². The molecular weight excluding hydrogens is 393 g/mol. The van der Waals surface area contributed by atoms with Gasteiger partial charge in [0.1, 0.15) is 5.82 Å². The lowest BCUT2D eigenvalue weighted by Gasteiger charge is -2.23. The van der Waals surface area contributed by atoms with E-state index in [2.05, 4.69) is 10.6 Å². The Morgan fingerprint density at radius 2 is 1.83 bits per heavy atom. The third-order valence-corrected chi connectivity index (χ3v) is 5.71. The molecular formula is C21H24FN3O3S. The Bertz CT molecular complexity index is 833. The Labute approximate surface area is 173 Å². The van der Waals surface area contributed by atoms with Crippen LogP contribution < -0.4 is 10.6 Å². The molecule has 1 heterocycles. The Hall–Kier alpha value is -2.74. The molecule has 1 aliphatic carbocycles. The lowest BCUT2D eigenvalue weighted by molar-refractivity contribution is -0.136. The number of halogens is 1. The van der Waals surface area contributed by atoms with Gasteiger partial charge in [-0.3, -0.25) is 14.4 Å². The fraction of sp³-hybridized carbons (Fsp3) is 0.381. The summed E-state index contributed by atoms with van der Waals surface area (Å²) in [7, 11) is 0. The molecule has 0 aliphatic heterocycles. The Kier molecular flexibility index (Phi) is 7.35. The summed E-state index contributed by atoms with van der Waals surface area (Å²) in [4.78, 5) is 39.1. The zero-order chi connectivity index (χ0) is 20.6. The molecule has 1 fully saturated rings. The van der Waals surface area contributed by atoms with Crippen LogP contribution in [-0.4, -0.2) is 41.8 Å². The quantitative estimate of drug-likeness (QED) is 0.693. The summed E-state index contributed by atoms with van der Waals surface area (Å²) >= 11 is 1.29. The van der Waals surface area contributed by atoms with Gasteiger partial charge in [-0.25, -0.2) is 4.39 Å². The highest BCUT2D eigenvalue weighted by Crippen LogP contribution is 2.17. The van der Waals surface area contributed by atoms with Crippen LogP contribution in [0.25, 0.3) is 0 Å². The topological polar surface area (TPSA) is 78.5 Å². The minimum absolute atomic E-state index is 0.110. The highest BCUT2D eigenvalue weighted by Gasteiger charge is 2.22. The highest BCUT2D eigenvalue weighted by atomic mass is 32.1. The lowest BCUT2D eigenvalue weighted by atomic mass is 10.2. The molecule has 8 heteroatoms. The van der Waals surface area contributed by atoms with Gasteiger partial charge in [0.25, 0.3) is 5.91 Å². The summed E-state index contributed by atoms with van der Waals surface area (Å²) in [5, 5.41) is 7.35. The summed E-state index contributed by atoms with van der Waals surface area (Å²) in [6, 6.07) is 9.38. The van der Waals surface area contributed by atoms with Gasteiger partial charge in [0.15, 0.2) is 0 Å². The number of thiophene rings is 1. The molecule has 0 saturated heterocycles. The zero-order valence-electron chi connectivity index (χ0n) is 16.0. The summed E-state index contributed by atoms with van der Waals surface area (Å²) in [6.45, 7) is -0.164. The van der Waals surface area contributed by atoms with Gasteiger partial charge in [0, 0.05) is 12.6 Å². The molecule has 29 heavy (non-hydrogen) atoms. The van der Waals surface area contributed by atoms with Crippen molar-refractivity contribution in [3.05, 3.63) is 58.0 Å². The number of hydrogen-bond donors (Lipinski definition) is 2. The van der Waals surface area contributed by atoms with Crippen molar-refractivity contribution < 1.29 is 18.8 Å². The second-order valence-electron chi connectivity index (χ2n) is 7.09. The maximum Gasteiger partial charge on any atom is 0.261 e. The molecule has 3 rings (SSSR count). The zero-order valence-corrected chi connectivity index (χ0v) is 16.8. The molecule has 2 aromatic rings. The maximum atomic E-state index is 13.2. The van der Waals surface area contributed by atoms with Gasteiger partial charge in [0.05, 0.1) is 18.0 Å². The van der Waals surface area contributed by atoms with Crippen molar-refractivity contribution in [1.29, 1.82) is 0 Å². The molecule has 1 saturated carbocycles. The molecule has 1 aromatic carbocycles. The van der Waals surface area contributed by atoms with E-state index < -0.39 is 0 Å². The minimum Gasteiger partial charge on any atom is -0.352 e. The summed E-state index contributed by atoms with van der Waals surface area (Å²) in [5.41, 5.74) is 0.706. The molecule has 0 unspecified atom stereocenters. The van der Waals surface area contributed by atoms with E-state index in [1.54, 1.807) is 29.6 Å². The van der Waals surface area contributed by atoms with E-state index in [1.807, 2.05) is 0 Å². The smallest absolute Gasteiger partial charge is 0.261 e. The second kappa shape index (κ2) is 10.2. The molecule has 2 N–H and O–H groups in total. The summed E-state index contributed by atoms with van der Waals surface area (Å²) in [6.07, 6.45) is 4.10. The number of carbonyl (C=O) groups excluding carboxylic acids is 3. The van der Waals surface area contributed by atoms with Crippen LogP contribution in [0.5, 0.6) is 0 Å². The maximum absolute atomic E-state index is 13.2. The predicted molar refractivity (Wildman–Crippen MR) is 109 cm³/mol. The average Bonchev–Trinajstić information content (AvgIpc) is 3.41. The number of nitrogens with one attached hydrogen (secondary N) is 2. The number of rotatable bonds is 8. The molecule has 0 radical (unpaired) electrons. The number of carbonyl (C=O) groups is 3. The van der Waals surface area contributed by atoms with Crippen molar-refractivity contribution >= 4 is 29.1 Å². The van der Waals surface area contributed by atoms with Crippen molar-refractivity contribution in [2.45, 2.75) is 38.3 Å². The summed E-state index contributed by atoms with van der Waals surface area (Å²) in [5.74, 6) is -1.29. The van der Waals surface area contributed by atoms with E-state index in [4.69, 9.17) is 0 Å². The molecule has 6 nitrogen and oxygen atoms in total. The first-order valence-corrected chi connectivity index (χ1v) is 10.5. The molecule has 154 valence electrons. The first-order valence-electron chi connectivity index (χ1n) is 9.64.